The van der Waals surface area contributed by atoms with Crippen molar-refractivity contribution in [2.24, 2.45) is 4.99 Å². The van der Waals surface area contributed by atoms with Crippen molar-refractivity contribution >= 4 is 41.3 Å². The Morgan fingerprint density at radius 1 is 1.32 bits per heavy atom. The lowest BCUT2D eigenvalue weighted by atomic mass is 9.99. The number of hydrogen-bond donors (Lipinski definition) is 3. The van der Waals surface area contributed by atoms with Crippen molar-refractivity contribution in [2.45, 2.75) is 45.8 Å². The van der Waals surface area contributed by atoms with Gasteiger partial charge in [-0.25, -0.2) is 9.98 Å². The quantitative estimate of drug-likeness (QED) is 0.193. The number of aromatic nitrogens is 1. The number of guanidine groups is 1. The monoisotopic (exact) mass is 518 g/mol. The summed E-state index contributed by atoms with van der Waals surface area (Å²) in [4.78, 5) is 8.95. The second-order valence-electron chi connectivity index (χ2n) is 6.50. The van der Waals surface area contributed by atoms with Crippen LogP contribution in [-0.4, -0.2) is 35.7 Å². The fourth-order valence-corrected chi connectivity index (χ4v) is 3.21. The van der Waals surface area contributed by atoms with Crippen LogP contribution < -0.4 is 15.4 Å². The van der Waals surface area contributed by atoms with E-state index in [0.29, 0.717) is 31.5 Å². The highest BCUT2D eigenvalue weighted by atomic mass is 127. The molecule has 8 heteroatoms. The summed E-state index contributed by atoms with van der Waals surface area (Å²) >= 11 is 1.57. The number of halogens is 1. The summed E-state index contributed by atoms with van der Waals surface area (Å²) in [5.74, 6) is 1.28. The molecule has 2 heterocycles. The molecule has 6 nitrogen and oxygen atoms in total. The van der Waals surface area contributed by atoms with Crippen molar-refractivity contribution in [1.29, 1.82) is 0 Å². The predicted octanol–water partition coefficient (Wildman–Crippen LogP) is 3.90. The predicted molar refractivity (Wildman–Crippen MR) is 127 cm³/mol. The molecule has 0 fully saturated rings. The van der Waals surface area contributed by atoms with Crippen molar-refractivity contribution in [2.75, 3.05) is 19.7 Å². The third-order valence-corrected chi connectivity index (χ3v) is 4.76. The van der Waals surface area contributed by atoms with Crippen LogP contribution in [0, 0.1) is 0 Å². The third-order valence-electron chi connectivity index (χ3n) is 4.08. The number of rotatable bonds is 10. The normalized spacial score (nSPS) is 13.4. The van der Waals surface area contributed by atoms with E-state index in [1.54, 1.807) is 24.5 Å². The average Bonchev–Trinajstić information content (AvgIpc) is 3.21. The largest absolute Gasteiger partial charge is 0.477 e. The molecule has 0 aliphatic carbocycles. The fraction of sp³-hybridized carbons (Fsp3) is 0.500. The molecule has 0 bridgehead atoms. The van der Waals surface area contributed by atoms with Crippen LogP contribution in [0.1, 0.15) is 44.7 Å². The molecule has 0 aromatic carbocycles. The van der Waals surface area contributed by atoms with Gasteiger partial charge in [0.15, 0.2) is 5.96 Å². The van der Waals surface area contributed by atoms with Crippen molar-refractivity contribution in [1.82, 2.24) is 15.6 Å². The molecule has 0 spiro atoms. The number of aliphatic imine (C=N–C) groups is 1. The van der Waals surface area contributed by atoms with Gasteiger partial charge in [-0.05, 0) is 48.7 Å². The Bertz CT molecular complexity index is 708. The van der Waals surface area contributed by atoms with E-state index in [9.17, 15) is 5.11 Å². The second kappa shape index (κ2) is 12.9. The van der Waals surface area contributed by atoms with Gasteiger partial charge in [-0.15, -0.1) is 24.0 Å². The van der Waals surface area contributed by atoms with E-state index in [4.69, 9.17) is 4.74 Å². The highest BCUT2D eigenvalue weighted by Crippen LogP contribution is 2.22. The van der Waals surface area contributed by atoms with Crippen LogP contribution in [0.5, 0.6) is 5.88 Å². The Hall–Kier alpha value is -1.39. The smallest absolute Gasteiger partial charge is 0.218 e. The molecule has 0 aliphatic heterocycles. The standard InChI is InChI=1S/C20H30N4O2S.HI/c1-4-6-11-26-18-16(8-7-10-22-18)13-23-19(21-5-2)24-15-20(3,25)17-9-12-27-14-17;/h7-10,12,14,25H,4-6,11,13,15H2,1-3H3,(H2,21,23,24);1H. The number of hydrogen-bond acceptors (Lipinski definition) is 5. The van der Waals surface area contributed by atoms with E-state index in [1.165, 1.54) is 0 Å². The molecular weight excluding hydrogens is 487 g/mol. The van der Waals surface area contributed by atoms with Gasteiger partial charge in [-0.3, -0.25) is 0 Å². The van der Waals surface area contributed by atoms with Gasteiger partial charge in [0.25, 0.3) is 0 Å². The lowest BCUT2D eigenvalue weighted by Crippen LogP contribution is -2.44. The zero-order valence-corrected chi connectivity index (χ0v) is 19.9. The van der Waals surface area contributed by atoms with Crippen molar-refractivity contribution in [3.63, 3.8) is 0 Å². The first kappa shape index (κ1) is 24.6. The first-order chi connectivity index (χ1) is 13.1. The summed E-state index contributed by atoms with van der Waals surface area (Å²) in [5, 5.41) is 21.0. The van der Waals surface area contributed by atoms with Gasteiger partial charge in [-0.2, -0.15) is 11.3 Å². The second-order valence-corrected chi connectivity index (χ2v) is 7.28. The molecule has 2 rings (SSSR count). The molecular formula is C20H31IN4O2S. The zero-order chi connectivity index (χ0) is 19.5. The van der Waals surface area contributed by atoms with Crippen LogP contribution in [0.4, 0.5) is 0 Å². The number of nitrogens with one attached hydrogen (secondary N) is 2. The van der Waals surface area contributed by atoms with E-state index in [-0.39, 0.29) is 24.0 Å². The molecule has 1 atom stereocenters. The lowest BCUT2D eigenvalue weighted by Gasteiger charge is -2.24. The maximum Gasteiger partial charge on any atom is 0.218 e. The molecule has 1 unspecified atom stereocenters. The van der Waals surface area contributed by atoms with E-state index in [2.05, 4.69) is 27.5 Å². The van der Waals surface area contributed by atoms with E-state index in [1.807, 2.05) is 35.9 Å². The molecule has 0 saturated heterocycles. The van der Waals surface area contributed by atoms with Crippen molar-refractivity contribution in [3.05, 3.63) is 46.3 Å². The van der Waals surface area contributed by atoms with Gasteiger partial charge >= 0.3 is 0 Å². The number of pyridine rings is 1. The van der Waals surface area contributed by atoms with E-state index in [0.717, 1.165) is 30.5 Å². The minimum atomic E-state index is -0.959. The van der Waals surface area contributed by atoms with Crippen molar-refractivity contribution < 1.29 is 9.84 Å². The van der Waals surface area contributed by atoms with Crippen molar-refractivity contribution in [3.8, 4) is 5.88 Å². The summed E-state index contributed by atoms with van der Waals surface area (Å²) < 4.78 is 5.77. The topological polar surface area (TPSA) is 78.8 Å². The highest BCUT2D eigenvalue weighted by molar-refractivity contribution is 14.0. The molecule has 2 aromatic rings. The maximum absolute atomic E-state index is 10.7. The number of ether oxygens (including phenoxy) is 1. The number of nitrogens with zero attached hydrogens (tertiary/aromatic N) is 2. The zero-order valence-electron chi connectivity index (χ0n) is 16.8. The third kappa shape index (κ3) is 7.92. The molecule has 156 valence electrons. The van der Waals surface area contributed by atoms with Gasteiger partial charge in [0.1, 0.15) is 5.60 Å². The molecule has 0 aliphatic rings. The Morgan fingerprint density at radius 2 is 2.14 bits per heavy atom. The molecule has 28 heavy (non-hydrogen) atoms. The Labute approximate surface area is 188 Å². The molecule has 2 aromatic heterocycles. The van der Waals surface area contributed by atoms with E-state index < -0.39 is 5.60 Å². The first-order valence-corrected chi connectivity index (χ1v) is 10.3. The van der Waals surface area contributed by atoms with Gasteiger partial charge < -0.3 is 20.5 Å². The fourth-order valence-electron chi connectivity index (χ4n) is 2.42. The Kier molecular flexibility index (Phi) is 11.4. The van der Waals surface area contributed by atoms with Gasteiger partial charge in [0.2, 0.25) is 5.88 Å². The molecule has 3 N–H and O–H groups in total. The summed E-state index contributed by atoms with van der Waals surface area (Å²) in [6.45, 7) is 8.15. The molecule has 0 radical (unpaired) electrons. The van der Waals surface area contributed by atoms with E-state index >= 15 is 0 Å². The lowest BCUT2D eigenvalue weighted by molar-refractivity contribution is 0.0621. The van der Waals surface area contributed by atoms with Gasteiger partial charge in [-0.1, -0.05) is 19.4 Å². The summed E-state index contributed by atoms with van der Waals surface area (Å²) in [6, 6.07) is 5.80. The van der Waals surface area contributed by atoms with Gasteiger partial charge in [0.05, 0.1) is 19.7 Å². The summed E-state index contributed by atoms with van der Waals surface area (Å²) in [6.07, 6.45) is 3.82. The summed E-state index contributed by atoms with van der Waals surface area (Å²) in [7, 11) is 0. The maximum atomic E-state index is 10.7. The number of aliphatic hydroxyl groups is 1. The summed E-state index contributed by atoms with van der Waals surface area (Å²) in [5.41, 5.74) is 0.879. The highest BCUT2D eigenvalue weighted by Gasteiger charge is 2.23. The Balaban J connectivity index is 0.00000392. The first-order valence-electron chi connectivity index (χ1n) is 9.40. The minimum Gasteiger partial charge on any atom is -0.477 e. The van der Waals surface area contributed by atoms with Crippen LogP contribution in [0.2, 0.25) is 0 Å². The van der Waals surface area contributed by atoms with Crippen LogP contribution in [0.25, 0.3) is 0 Å². The van der Waals surface area contributed by atoms with Crippen LogP contribution in [-0.2, 0) is 12.1 Å². The Morgan fingerprint density at radius 3 is 2.82 bits per heavy atom. The average molecular weight is 518 g/mol. The van der Waals surface area contributed by atoms with Gasteiger partial charge in [0, 0.05) is 18.3 Å². The number of thiophene rings is 1. The van der Waals surface area contributed by atoms with Crippen LogP contribution >= 0.6 is 35.3 Å². The molecule has 0 amide bonds. The minimum absolute atomic E-state index is 0. The number of unbranched alkanes of at least 4 members (excludes halogenated alkanes) is 1. The van der Waals surface area contributed by atoms with Crippen LogP contribution in [0.15, 0.2) is 40.1 Å². The van der Waals surface area contributed by atoms with Crippen LogP contribution in [0.3, 0.4) is 0 Å². The SMILES string of the molecule is CCCCOc1ncccc1CN=C(NCC)NCC(C)(O)c1ccsc1.I. The molecule has 0 saturated carbocycles.